The van der Waals surface area contributed by atoms with Crippen molar-refractivity contribution in [3.05, 3.63) is 30.1 Å². The molecule has 1 aromatic rings. The molecule has 6 heteroatoms. The molecule has 0 spiro atoms. The molecule has 14 heavy (non-hydrogen) atoms. The monoisotopic (exact) mass is 196 g/mol. The van der Waals surface area contributed by atoms with E-state index in [1.54, 1.807) is 12.3 Å². The van der Waals surface area contributed by atoms with Gasteiger partial charge in [0, 0.05) is 6.07 Å². The minimum atomic E-state index is -1.02. The topological polar surface area (TPSA) is 96.3 Å². The number of pyridine rings is 1. The van der Waals surface area contributed by atoms with Crippen LogP contribution >= 0.6 is 0 Å². The van der Waals surface area contributed by atoms with Crippen molar-refractivity contribution >= 4 is 12.0 Å². The smallest absolute Gasteiger partial charge is 0.341 e. The number of nitrogens with two attached hydrogens (primary N) is 1. The lowest BCUT2D eigenvalue weighted by atomic mass is 10.3. The van der Waals surface area contributed by atoms with E-state index in [0.717, 1.165) is 0 Å². The van der Waals surface area contributed by atoms with Crippen molar-refractivity contribution in [2.24, 2.45) is 5.73 Å². The number of carboxylic acid groups (broad SMARTS) is 1. The van der Waals surface area contributed by atoms with Crippen LogP contribution in [0.15, 0.2) is 24.5 Å². The number of carbonyl (C=O) groups excluding carboxylic acids is 1. The molecule has 2 amide bonds. The van der Waals surface area contributed by atoms with Crippen LogP contribution < -0.4 is 15.6 Å². The molecule has 1 heterocycles. The highest BCUT2D eigenvalue weighted by molar-refractivity contribution is 5.86. The Labute approximate surface area is 80.0 Å². The van der Waals surface area contributed by atoms with Gasteiger partial charge in [0.05, 0.1) is 0 Å². The number of carbonyl (C=O) groups is 2. The molecule has 0 saturated carbocycles. The summed E-state index contributed by atoms with van der Waals surface area (Å²) in [5.74, 6) is -1.02. The minimum Gasteiger partial charge on any atom is -0.477 e. The Hall–Kier alpha value is -2.11. The zero-order chi connectivity index (χ0) is 10.6. The molecule has 74 valence electrons. The van der Waals surface area contributed by atoms with Gasteiger partial charge < -0.3 is 10.8 Å². The van der Waals surface area contributed by atoms with Gasteiger partial charge in [0.1, 0.15) is 5.56 Å². The van der Waals surface area contributed by atoms with Gasteiger partial charge >= 0.3 is 12.0 Å². The van der Waals surface area contributed by atoms with E-state index in [9.17, 15) is 9.59 Å². The molecule has 0 fully saturated rings. The number of rotatable bonds is 3. The first-order valence-corrected chi connectivity index (χ1v) is 3.85. The van der Waals surface area contributed by atoms with Crippen molar-refractivity contribution in [2.75, 3.05) is 0 Å². The number of primary amides is 1. The Balaban J connectivity index is 2.73. The number of urea groups is 1. The van der Waals surface area contributed by atoms with Crippen molar-refractivity contribution in [1.82, 2.24) is 5.32 Å². The van der Waals surface area contributed by atoms with E-state index in [-0.39, 0.29) is 12.2 Å². The van der Waals surface area contributed by atoms with Crippen molar-refractivity contribution in [3.8, 4) is 0 Å². The van der Waals surface area contributed by atoms with Gasteiger partial charge in [-0.2, -0.15) is 4.57 Å². The van der Waals surface area contributed by atoms with Gasteiger partial charge in [-0.3, -0.25) is 5.32 Å². The summed E-state index contributed by atoms with van der Waals surface area (Å²) in [7, 11) is 0. The molecule has 0 saturated heterocycles. The minimum absolute atomic E-state index is 0.149. The van der Waals surface area contributed by atoms with Crippen LogP contribution in [-0.4, -0.2) is 17.1 Å². The van der Waals surface area contributed by atoms with Crippen molar-refractivity contribution in [2.45, 2.75) is 6.67 Å². The average molecular weight is 196 g/mol. The highest BCUT2D eigenvalue weighted by Crippen LogP contribution is 1.92. The maximum Gasteiger partial charge on any atom is 0.341 e. The van der Waals surface area contributed by atoms with Gasteiger partial charge in [-0.1, -0.05) is 0 Å². The number of hydrogen-bond acceptors (Lipinski definition) is 2. The highest BCUT2D eigenvalue weighted by Gasteiger charge is 2.08. The number of amides is 2. The van der Waals surface area contributed by atoms with Gasteiger partial charge in [0.2, 0.25) is 6.67 Å². The maximum atomic E-state index is 10.6. The Kier molecular flexibility index (Phi) is 3.01. The molecule has 1 aromatic heterocycles. The normalized spacial score (nSPS) is 9.43. The predicted octanol–water partition coefficient (Wildman–Crippen LogP) is -0.702. The van der Waals surface area contributed by atoms with E-state index in [1.165, 1.54) is 16.8 Å². The Morgan fingerprint density at radius 2 is 2.29 bits per heavy atom. The van der Waals surface area contributed by atoms with E-state index in [1.807, 2.05) is 0 Å². The molecule has 0 atom stereocenters. The fourth-order valence-electron chi connectivity index (χ4n) is 0.916. The summed E-state index contributed by atoms with van der Waals surface area (Å²) >= 11 is 0. The van der Waals surface area contributed by atoms with Crippen LogP contribution in [0.1, 0.15) is 10.4 Å². The van der Waals surface area contributed by atoms with Crippen LogP contribution in [0, 0.1) is 0 Å². The lowest BCUT2D eigenvalue weighted by molar-refractivity contribution is -0.700. The third kappa shape index (κ3) is 2.74. The van der Waals surface area contributed by atoms with E-state index in [4.69, 9.17) is 10.8 Å². The molecular weight excluding hydrogens is 186 g/mol. The molecule has 0 aliphatic rings. The predicted molar refractivity (Wildman–Crippen MR) is 46.3 cm³/mol. The first-order valence-electron chi connectivity index (χ1n) is 3.85. The third-order valence-corrected chi connectivity index (χ3v) is 1.54. The molecule has 0 aliphatic carbocycles. The van der Waals surface area contributed by atoms with Gasteiger partial charge in [0.15, 0.2) is 12.4 Å². The van der Waals surface area contributed by atoms with Crippen LogP contribution in [0.3, 0.4) is 0 Å². The molecule has 0 radical (unpaired) electrons. The third-order valence-electron chi connectivity index (χ3n) is 1.54. The molecule has 0 aliphatic heterocycles. The van der Waals surface area contributed by atoms with Crippen LogP contribution in [-0.2, 0) is 6.67 Å². The maximum absolute atomic E-state index is 10.6. The summed E-state index contributed by atoms with van der Waals surface area (Å²) < 4.78 is 1.51. The Morgan fingerprint density at radius 3 is 2.86 bits per heavy atom. The van der Waals surface area contributed by atoms with E-state index in [2.05, 4.69) is 5.32 Å². The molecule has 0 bridgehead atoms. The number of nitrogens with zero attached hydrogens (tertiary/aromatic N) is 1. The van der Waals surface area contributed by atoms with Crippen LogP contribution in [0.5, 0.6) is 0 Å². The van der Waals surface area contributed by atoms with E-state index < -0.39 is 12.0 Å². The number of aromatic carboxylic acids is 1. The lowest BCUT2D eigenvalue weighted by Gasteiger charge is -1.97. The Morgan fingerprint density at radius 1 is 1.57 bits per heavy atom. The molecule has 0 aromatic carbocycles. The molecule has 0 unspecified atom stereocenters. The van der Waals surface area contributed by atoms with Crippen LogP contribution in [0.2, 0.25) is 0 Å². The number of hydrogen-bond donors (Lipinski definition) is 3. The molecule has 4 N–H and O–H groups in total. The SMILES string of the molecule is NC(=O)NC[n+]1cccc(C(=O)O)c1. The van der Waals surface area contributed by atoms with Crippen molar-refractivity contribution in [1.29, 1.82) is 0 Å². The van der Waals surface area contributed by atoms with Gasteiger partial charge in [-0.05, 0) is 6.07 Å². The summed E-state index contributed by atoms with van der Waals surface area (Å²) in [5, 5.41) is 11.0. The number of carboxylic acids is 1. The number of nitrogens with one attached hydrogen (secondary N) is 1. The largest absolute Gasteiger partial charge is 0.477 e. The second-order valence-electron chi connectivity index (χ2n) is 2.61. The molecular formula is C8H10N3O3+. The van der Waals surface area contributed by atoms with Gasteiger partial charge in [-0.15, -0.1) is 0 Å². The fourth-order valence-corrected chi connectivity index (χ4v) is 0.916. The van der Waals surface area contributed by atoms with Crippen molar-refractivity contribution < 1.29 is 19.3 Å². The summed E-state index contributed by atoms with van der Waals surface area (Å²) in [5.41, 5.74) is 5.01. The van der Waals surface area contributed by atoms with E-state index in [0.29, 0.717) is 0 Å². The van der Waals surface area contributed by atoms with Crippen LogP contribution in [0.25, 0.3) is 0 Å². The van der Waals surface area contributed by atoms with Crippen molar-refractivity contribution in [3.63, 3.8) is 0 Å². The fraction of sp³-hybridized carbons (Fsp3) is 0.125. The summed E-state index contributed by atoms with van der Waals surface area (Å²) in [6.45, 7) is 0.149. The summed E-state index contributed by atoms with van der Waals surface area (Å²) in [4.78, 5) is 20.9. The quantitative estimate of drug-likeness (QED) is 0.557. The van der Waals surface area contributed by atoms with Crippen LogP contribution in [0.4, 0.5) is 4.79 Å². The number of aromatic nitrogens is 1. The zero-order valence-corrected chi connectivity index (χ0v) is 7.30. The van der Waals surface area contributed by atoms with Gasteiger partial charge in [0.25, 0.3) is 0 Å². The van der Waals surface area contributed by atoms with Gasteiger partial charge in [-0.25, -0.2) is 9.59 Å². The Bertz CT molecular complexity index is 365. The molecule has 6 nitrogen and oxygen atoms in total. The standard InChI is InChI=1S/C8H9N3O3/c9-8(14)10-5-11-3-1-2-6(4-11)7(12)13/h1-4H,5H2,(H3-,9,10,12,13,14)/p+1. The first kappa shape index (κ1) is 9.97. The summed E-state index contributed by atoms with van der Waals surface area (Å²) in [6, 6.07) is 2.38. The lowest BCUT2D eigenvalue weighted by Crippen LogP contribution is -2.45. The zero-order valence-electron chi connectivity index (χ0n) is 7.30. The molecule has 1 rings (SSSR count). The second kappa shape index (κ2) is 4.22. The summed E-state index contributed by atoms with van der Waals surface area (Å²) in [6.07, 6.45) is 3.03. The second-order valence-corrected chi connectivity index (χ2v) is 2.61. The average Bonchev–Trinajstić information content (AvgIpc) is 2.15. The van der Waals surface area contributed by atoms with E-state index >= 15 is 0 Å². The highest BCUT2D eigenvalue weighted by atomic mass is 16.4. The first-order chi connectivity index (χ1) is 6.59.